The summed E-state index contributed by atoms with van der Waals surface area (Å²) in [4.78, 5) is 36.1. The third kappa shape index (κ3) is 3.11. The minimum Gasteiger partial charge on any atom is -0.481 e. The number of pyridine rings is 1. The molecule has 0 aliphatic carbocycles. The molecule has 3 rings (SSSR count). The van der Waals surface area contributed by atoms with Crippen LogP contribution in [-0.4, -0.2) is 30.5 Å². The standard InChI is InChI=1S/C15H9BrN4O6/c16-9-4-11-8(3-14(21)22)7-18(15(11)17-6-9)12-2-1-10(19(23)24)5-13(12)20(25)26/h1-2,4-7H,3H2,(H,21,22). The van der Waals surface area contributed by atoms with Crippen molar-refractivity contribution in [2.75, 3.05) is 0 Å². The summed E-state index contributed by atoms with van der Waals surface area (Å²) in [7, 11) is 0. The van der Waals surface area contributed by atoms with Gasteiger partial charge in [0.05, 0.1) is 22.3 Å². The number of non-ortho nitro benzene ring substituents is 1. The van der Waals surface area contributed by atoms with Crippen LogP contribution in [0, 0.1) is 20.2 Å². The summed E-state index contributed by atoms with van der Waals surface area (Å²) >= 11 is 3.26. The lowest BCUT2D eigenvalue weighted by atomic mass is 10.2. The smallest absolute Gasteiger partial charge is 0.307 e. The normalized spacial score (nSPS) is 10.8. The predicted octanol–water partition coefficient (Wildman–Crippen LogP) is 3.23. The number of hydrogen-bond acceptors (Lipinski definition) is 6. The average molecular weight is 421 g/mol. The van der Waals surface area contributed by atoms with Gasteiger partial charge in [0.1, 0.15) is 11.3 Å². The van der Waals surface area contributed by atoms with Gasteiger partial charge in [0.25, 0.3) is 11.4 Å². The van der Waals surface area contributed by atoms with E-state index in [1.807, 2.05) is 0 Å². The van der Waals surface area contributed by atoms with Crippen LogP contribution in [0.2, 0.25) is 0 Å². The second-order valence-electron chi connectivity index (χ2n) is 5.31. The Morgan fingerprint density at radius 1 is 1.23 bits per heavy atom. The van der Waals surface area contributed by atoms with Gasteiger partial charge in [-0.1, -0.05) is 0 Å². The summed E-state index contributed by atoms with van der Waals surface area (Å²) in [5.41, 5.74) is -0.131. The lowest BCUT2D eigenvalue weighted by molar-refractivity contribution is -0.394. The number of hydrogen-bond donors (Lipinski definition) is 1. The first-order chi connectivity index (χ1) is 12.3. The summed E-state index contributed by atoms with van der Waals surface area (Å²) < 4.78 is 1.98. The number of fused-ring (bicyclic) bond motifs is 1. The highest BCUT2D eigenvalue weighted by Gasteiger charge is 2.23. The van der Waals surface area contributed by atoms with E-state index in [0.717, 1.165) is 12.1 Å². The van der Waals surface area contributed by atoms with E-state index >= 15 is 0 Å². The second-order valence-corrected chi connectivity index (χ2v) is 6.22. The van der Waals surface area contributed by atoms with Crippen molar-refractivity contribution in [3.05, 3.63) is 66.9 Å². The number of nitro benzene ring substituents is 2. The molecule has 0 amide bonds. The van der Waals surface area contributed by atoms with Gasteiger partial charge in [0, 0.05) is 28.3 Å². The molecule has 1 N–H and O–H groups in total. The van der Waals surface area contributed by atoms with Crippen LogP contribution in [0.1, 0.15) is 5.56 Å². The zero-order chi connectivity index (χ0) is 19.0. The number of rotatable bonds is 5. The maximum absolute atomic E-state index is 11.4. The Kier molecular flexibility index (Phi) is 4.38. The van der Waals surface area contributed by atoms with Gasteiger partial charge in [-0.25, -0.2) is 4.98 Å². The summed E-state index contributed by atoms with van der Waals surface area (Å²) in [5.74, 6) is -1.07. The van der Waals surface area contributed by atoms with Crippen molar-refractivity contribution in [3.8, 4) is 5.69 Å². The zero-order valence-electron chi connectivity index (χ0n) is 12.8. The van der Waals surface area contributed by atoms with E-state index in [1.54, 1.807) is 6.07 Å². The molecule has 10 nitrogen and oxygen atoms in total. The number of nitro groups is 2. The van der Waals surface area contributed by atoms with E-state index < -0.39 is 27.2 Å². The van der Waals surface area contributed by atoms with Crippen molar-refractivity contribution in [3.63, 3.8) is 0 Å². The number of carboxylic acids is 1. The maximum atomic E-state index is 11.4. The molecule has 0 spiro atoms. The Hall–Kier alpha value is -3.34. The van der Waals surface area contributed by atoms with Crippen LogP contribution in [0.4, 0.5) is 11.4 Å². The third-order valence-corrected chi connectivity index (χ3v) is 4.09. The number of carboxylic acid groups (broad SMARTS) is 1. The Labute approximate surface area is 153 Å². The molecule has 0 aliphatic rings. The highest BCUT2D eigenvalue weighted by molar-refractivity contribution is 9.10. The van der Waals surface area contributed by atoms with Crippen LogP contribution >= 0.6 is 15.9 Å². The number of aliphatic carboxylic acids is 1. The molecule has 0 fully saturated rings. The Balaban J connectivity index is 2.30. The molecule has 0 atom stereocenters. The Morgan fingerprint density at radius 2 is 1.96 bits per heavy atom. The van der Waals surface area contributed by atoms with Gasteiger partial charge in [-0.2, -0.15) is 0 Å². The van der Waals surface area contributed by atoms with E-state index in [4.69, 9.17) is 5.11 Å². The molecule has 11 heteroatoms. The van der Waals surface area contributed by atoms with Crippen LogP contribution < -0.4 is 0 Å². The highest BCUT2D eigenvalue weighted by Crippen LogP contribution is 2.32. The fraction of sp³-hybridized carbons (Fsp3) is 0.0667. The first kappa shape index (κ1) is 17.5. The molecule has 0 saturated heterocycles. The molecular formula is C15H9BrN4O6. The lowest BCUT2D eigenvalue weighted by Crippen LogP contribution is -2.02. The number of halogens is 1. The van der Waals surface area contributed by atoms with Gasteiger partial charge < -0.3 is 5.11 Å². The molecule has 2 heterocycles. The minimum absolute atomic E-state index is 0.0528. The average Bonchev–Trinajstić information content (AvgIpc) is 2.91. The third-order valence-electron chi connectivity index (χ3n) is 3.66. The molecular weight excluding hydrogens is 412 g/mol. The van der Waals surface area contributed by atoms with Crippen LogP contribution in [0.25, 0.3) is 16.7 Å². The molecule has 0 aliphatic heterocycles. The summed E-state index contributed by atoms with van der Waals surface area (Å²) in [5, 5.41) is 31.9. The molecule has 1 aromatic carbocycles. The topological polar surface area (TPSA) is 141 Å². The van der Waals surface area contributed by atoms with E-state index in [9.17, 15) is 25.0 Å². The van der Waals surface area contributed by atoms with Crippen molar-refractivity contribution < 1.29 is 19.7 Å². The number of aromatic nitrogens is 2. The molecule has 0 radical (unpaired) electrons. The minimum atomic E-state index is -1.07. The van der Waals surface area contributed by atoms with Gasteiger partial charge in [0.15, 0.2) is 0 Å². The van der Waals surface area contributed by atoms with Gasteiger partial charge >= 0.3 is 5.97 Å². The molecule has 0 unspecified atom stereocenters. The Bertz CT molecular complexity index is 1080. The van der Waals surface area contributed by atoms with E-state index in [2.05, 4.69) is 20.9 Å². The first-order valence-corrected chi connectivity index (χ1v) is 7.87. The zero-order valence-corrected chi connectivity index (χ0v) is 14.4. The van der Waals surface area contributed by atoms with Crippen LogP contribution in [0.15, 0.2) is 41.1 Å². The van der Waals surface area contributed by atoms with Gasteiger partial charge in [0.2, 0.25) is 0 Å². The van der Waals surface area contributed by atoms with Crippen molar-refractivity contribution in [1.29, 1.82) is 0 Å². The SMILES string of the molecule is O=C(O)Cc1cn(-c2ccc([N+](=O)[O-])cc2[N+](=O)[O-])c2ncc(Br)cc12. The van der Waals surface area contributed by atoms with Crippen LogP contribution in [-0.2, 0) is 11.2 Å². The maximum Gasteiger partial charge on any atom is 0.307 e. The summed E-state index contributed by atoms with van der Waals surface area (Å²) in [6.07, 6.45) is 2.61. The fourth-order valence-electron chi connectivity index (χ4n) is 2.61. The highest BCUT2D eigenvalue weighted by atomic mass is 79.9. The number of carbonyl (C=O) groups is 1. The molecule has 3 aromatic rings. The number of nitrogens with zero attached hydrogens (tertiary/aromatic N) is 4. The van der Waals surface area contributed by atoms with E-state index in [1.165, 1.54) is 23.0 Å². The van der Waals surface area contributed by atoms with Crippen LogP contribution in [0.5, 0.6) is 0 Å². The van der Waals surface area contributed by atoms with Crippen molar-refractivity contribution in [2.45, 2.75) is 6.42 Å². The van der Waals surface area contributed by atoms with Gasteiger partial charge in [-0.05, 0) is 33.6 Å². The van der Waals surface area contributed by atoms with E-state index in [-0.39, 0.29) is 12.1 Å². The number of benzene rings is 1. The Morgan fingerprint density at radius 3 is 2.58 bits per heavy atom. The lowest BCUT2D eigenvalue weighted by Gasteiger charge is -2.05. The van der Waals surface area contributed by atoms with Crippen molar-refractivity contribution >= 4 is 44.3 Å². The molecule has 0 saturated carbocycles. The largest absolute Gasteiger partial charge is 0.481 e. The molecule has 2 aromatic heterocycles. The second kappa shape index (κ2) is 6.52. The first-order valence-electron chi connectivity index (χ1n) is 7.08. The predicted molar refractivity (Wildman–Crippen MR) is 93.4 cm³/mol. The van der Waals surface area contributed by atoms with Gasteiger partial charge in [-0.3, -0.25) is 29.6 Å². The quantitative estimate of drug-likeness (QED) is 0.492. The molecule has 132 valence electrons. The van der Waals surface area contributed by atoms with Gasteiger partial charge in [-0.15, -0.1) is 0 Å². The molecule has 26 heavy (non-hydrogen) atoms. The van der Waals surface area contributed by atoms with Crippen LogP contribution in [0.3, 0.4) is 0 Å². The summed E-state index contributed by atoms with van der Waals surface area (Å²) in [6.45, 7) is 0. The fourth-order valence-corrected chi connectivity index (χ4v) is 2.94. The van der Waals surface area contributed by atoms with Crippen molar-refractivity contribution in [2.24, 2.45) is 0 Å². The van der Waals surface area contributed by atoms with Crippen molar-refractivity contribution in [1.82, 2.24) is 9.55 Å². The summed E-state index contributed by atoms with van der Waals surface area (Å²) in [6, 6.07) is 4.90. The van der Waals surface area contributed by atoms with E-state index in [0.29, 0.717) is 21.1 Å². The molecule has 0 bridgehead atoms. The monoisotopic (exact) mass is 420 g/mol.